The first kappa shape index (κ1) is 32.9. The topological polar surface area (TPSA) is 86.8 Å². The third-order valence-corrected chi connectivity index (χ3v) is 10.3. The van der Waals surface area contributed by atoms with E-state index in [4.69, 9.17) is 0 Å². The van der Waals surface area contributed by atoms with Crippen LogP contribution in [0.3, 0.4) is 0 Å². The van der Waals surface area contributed by atoms with Crippen molar-refractivity contribution in [1.82, 2.24) is 10.2 Å². The molecule has 1 aliphatic rings. The Bertz CT molecular complexity index is 1710. The van der Waals surface area contributed by atoms with Crippen LogP contribution in [0, 0.1) is 5.82 Å². The number of aryl methyl sites for hydroxylation is 1. The van der Waals surface area contributed by atoms with Gasteiger partial charge in [-0.05, 0) is 60.7 Å². The number of benzene rings is 4. The molecular formula is C37H40FN3O4S. The van der Waals surface area contributed by atoms with Crippen LogP contribution in [0.2, 0.25) is 0 Å². The number of hydrogen-bond acceptors (Lipinski definition) is 4. The fourth-order valence-corrected chi connectivity index (χ4v) is 7.31. The second-order valence-electron chi connectivity index (χ2n) is 11.7. The van der Waals surface area contributed by atoms with Gasteiger partial charge >= 0.3 is 0 Å². The van der Waals surface area contributed by atoms with E-state index in [0.717, 1.165) is 47.5 Å². The first-order chi connectivity index (χ1) is 22.3. The number of sulfonamides is 1. The first-order valence-corrected chi connectivity index (χ1v) is 17.2. The lowest BCUT2D eigenvalue weighted by molar-refractivity contribution is -0.140. The molecule has 5 rings (SSSR count). The van der Waals surface area contributed by atoms with E-state index >= 15 is 4.39 Å². The summed E-state index contributed by atoms with van der Waals surface area (Å²) in [4.78, 5) is 29.9. The average molecular weight is 642 g/mol. The highest BCUT2D eigenvalue weighted by atomic mass is 32.2. The van der Waals surface area contributed by atoms with Gasteiger partial charge in [-0.3, -0.25) is 13.9 Å². The highest BCUT2D eigenvalue weighted by Gasteiger charge is 2.35. The fraction of sp³-hybridized carbons (Fsp3) is 0.297. The van der Waals surface area contributed by atoms with E-state index < -0.39 is 34.3 Å². The van der Waals surface area contributed by atoms with Crippen molar-refractivity contribution in [3.8, 4) is 0 Å². The van der Waals surface area contributed by atoms with Crippen molar-refractivity contribution < 1.29 is 22.4 Å². The molecular weight excluding hydrogens is 601 g/mol. The molecule has 0 spiro atoms. The predicted octanol–water partition coefficient (Wildman–Crippen LogP) is 6.28. The number of halogens is 1. The summed E-state index contributed by atoms with van der Waals surface area (Å²) in [5, 5.41) is 3.13. The number of carbonyl (C=O) groups excluding carboxylic acids is 2. The quantitative estimate of drug-likeness (QED) is 0.186. The molecule has 1 N–H and O–H groups in total. The van der Waals surface area contributed by atoms with E-state index in [1.807, 2.05) is 49.4 Å². The summed E-state index contributed by atoms with van der Waals surface area (Å²) in [5.74, 6) is -1.48. The SMILES string of the molecule is CCc1ccc(N(CC(=O)N(Cc2ccccc2F)C(Cc2ccccc2)C(=O)NC2CCCC2)S(=O)(=O)c2ccccc2)cc1. The number of nitrogens with one attached hydrogen (secondary N) is 1. The number of nitrogens with zero attached hydrogens (tertiary/aromatic N) is 2. The summed E-state index contributed by atoms with van der Waals surface area (Å²) in [5.41, 5.74) is 2.38. The summed E-state index contributed by atoms with van der Waals surface area (Å²) in [6.07, 6.45) is 4.66. The molecule has 0 radical (unpaired) electrons. The van der Waals surface area contributed by atoms with E-state index in [2.05, 4.69) is 5.32 Å². The van der Waals surface area contributed by atoms with Gasteiger partial charge in [0.05, 0.1) is 10.6 Å². The van der Waals surface area contributed by atoms with Gasteiger partial charge in [0, 0.05) is 24.6 Å². The van der Waals surface area contributed by atoms with Crippen molar-refractivity contribution in [2.75, 3.05) is 10.8 Å². The van der Waals surface area contributed by atoms with Crippen molar-refractivity contribution >= 4 is 27.5 Å². The molecule has 1 fully saturated rings. The third kappa shape index (κ3) is 8.01. The van der Waals surface area contributed by atoms with Crippen LogP contribution in [0.15, 0.2) is 114 Å². The van der Waals surface area contributed by atoms with E-state index in [0.29, 0.717) is 5.69 Å². The van der Waals surface area contributed by atoms with E-state index in [1.165, 1.54) is 23.1 Å². The van der Waals surface area contributed by atoms with Crippen LogP contribution < -0.4 is 9.62 Å². The maximum Gasteiger partial charge on any atom is 0.264 e. The molecule has 240 valence electrons. The lowest BCUT2D eigenvalue weighted by atomic mass is 10.0. The van der Waals surface area contributed by atoms with Crippen molar-refractivity contribution in [3.05, 3.63) is 132 Å². The van der Waals surface area contributed by atoms with Gasteiger partial charge in [-0.25, -0.2) is 12.8 Å². The number of rotatable bonds is 13. The molecule has 0 saturated heterocycles. The number of amides is 2. The minimum atomic E-state index is -4.20. The van der Waals surface area contributed by atoms with E-state index in [9.17, 15) is 18.0 Å². The summed E-state index contributed by atoms with van der Waals surface area (Å²) in [6.45, 7) is 1.20. The molecule has 1 saturated carbocycles. The van der Waals surface area contributed by atoms with Crippen LogP contribution in [0.25, 0.3) is 0 Å². The van der Waals surface area contributed by atoms with E-state index in [1.54, 1.807) is 48.5 Å². The Balaban J connectivity index is 1.56. The van der Waals surface area contributed by atoms with Gasteiger partial charge in [-0.15, -0.1) is 0 Å². The number of carbonyl (C=O) groups is 2. The van der Waals surface area contributed by atoms with Gasteiger partial charge in [0.1, 0.15) is 18.4 Å². The van der Waals surface area contributed by atoms with E-state index in [-0.39, 0.29) is 35.4 Å². The summed E-state index contributed by atoms with van der Waals surface area (Å²) < 4.78 is 44.4. The Kier molecular flexibility index (Phi) is 10.9. The van der Waals surface area contributed by atoms with Crippen molar-refractivity contribution in [1.29, 1.82) is 0 Å². The third-order valence-electron chi connectivity index (χ3n) is 8.51. The zero-order valence-electron chi connectivity index (χ0n) is 26.0. The highest BCUT2D eigenvalue weighted by molar-refractivity contribution is 7.92. The molecule has 1 aliphatic carbocycles. The van der Waals surface area contributed by atoms with Gasteiger partial charge in [-0.2, -0.15) is 0 Å². The average Bonchev–Trinajstić information content (AvgIpc) is 3.60. The van der Waals surface area contributed by atoms with Crippen molar-refractivity contribution in [3.63, 3.8) is 0 Å². The Morgan fingerprint density at radius 1 is 0.826 bits per heavy atom. The maximum absolute atomic E-state index is 15.1. The molecule has 0 heterocycles. The molecule has 9 heteroatoms. The second kappa shape index (κ2) is 15.2. The lowest BCUT2D eigenvalue weighted by Gasteiger charge is -2.34. The smallest absolute Gasteiger partial charge is 0.264 e. The molecule has 7 nitrogen and oxygen atoms in total. The van der Waals surface area contributed by atoms with Gasteiger partial charge in [0.25, 0.3) is 10.0 Å². The monoisotopic (exact) mass is 641 g/mol. The molecule has 0 aromatic heterocycles. The second-order valence-corrected chi connectivity index (χ2v) is 13.5. The summed E-state index contributed by atoms with van der Waals surface area (Å²) in [7, 11) is -4.20. The summed E-state index contributed by atoms with van der Waals surface area (Å²) in [6, 6.07) is 29.4. The molecule has 46 heavy (non-hydrogen) atoms. The van der Waals surface area contributed by atoms with Crippen LogP contribution in [0.5, 0.6) is 0 Å². The Morgan fingerprint density at radius 3 is 2.07 bits per heavy atom. The highest BCUT2D eigenvalue weighted by Crippen LogP contribution is 2.26. The van der Waals surface area contributed by atoms with Gasteiger partial charge in [-0.1, -0.05) is 98.6 Å². The molecule has 1 unspecified atom stereocenters. The maximum atomic E-state index is 15.1. The lowest BCUT2D eigenvalue weighted by Crippen LogP contribution is -2.54. The fourth-order valence-electron chi connectivity index (χ4n) is 5.88. The normalized spacial score (nSPS) is 14.0. The molecule has 4 aromatic carbocycles. The minimum absolute atomic E-state index is 0.0109. The van der Waals surface area contributed by atoms with Crippen LogP contribution >= 0.6 is 0 Å². The number of hydrogen-bond donors (Lipinski definition) is 1. The number of anilines is 1. The van der Waals surface area contributed by atoms with Gasteiger partial charge in [0.15, 0.2) is 0 Å². The molecule has 1 atom stereocenters. The van der Waals surface area contributed by atoms with Crippen LogP contribution in [-0.4, -0.2) is 43.8 Å². The Morgan fingerprint density at radius 2 is 1.43 bits per heavy atom. The Hall–Kier alpha value is -4.50. The zero-order valence-corrected chi connectivity index (χ0v) is 26.8. The van der Waals surface area contributed by atoms with Gasteiger partial charge in [0.2, 0.25) is 11.8 Å². The van der Waals surface area contributed by atoms with Crippen molar-refractivity contribution in [2.24, 2.45) is 0 Å². The van der Waals surface area contributed by atoms with Crippen molar-refractivity contribution in [2.45, 2.75) is 69.0 Å². The minimum Gasteiger partial charge on any atom is -0.352 e. The first-order valence-electron chi connectivity index (χ1n) is 15.8. The molecule has 0 aliphatic heterocycles. The largest absolute Gasteiger partial charge is 0.352 e. The standard InChI is InChI=1S/C37H40FN3O4S/c1-2-28-21-23-32(24-22-28)41(46(44,45)33-18-7-4-8-19-33)27-36(42)40(26-30-15-9-12-20-34(30)38)35(25-29-13-5-3-6-14-29)37(43)39-31-16-10-11-17-31/h3-9,12-15,18-24,31,35H,2,10-11,16-17,25-27H2,1H3,(H,39,43). The summed E-state index contributed by atoms with van der Waals surface area (Å²) >= 11 is 0. The van der Waals surface area contributed by atoms with Crippen LogP contribution in [0.4, 0.5) is 10.1 Å². The predicted molar refractivity (Wildman–Crippen MR) is 178 cm³/mol. The zero-order chi connectivity index (χ0) is 32.5. The van der Waals surface area contributed by atoms with Gasteiger partial charge < -0.3 is 10.2 Å². The molecule has 4 aromatic rings. The molecule has 2 amide bonds. The van der Waals surface area contributed by atoms with Crippen LogP contribution in [-0.2, 0) is 39.0 Å². The Labute approximate surface area is 271 Å². The molecule has 0 bridgehead atoms. The van der Waals surface area contributed by atoms with Crippen LogP contribution in [0.1, 0.15) is 49.3 Å².